The number of pyridine rings is 1. The maximum Gasteiger partial charge on any atom is 0.0347 e. The van der Waals surface area contributed by atoms with Gasteiger partial charge in [-0.25, -0.2) is 0 Å². The normalized spacial score (nSPS) is 12.4. The molecule has 0 saturated carbocycles. The molecule has 2 rings (SSSR count). The zero-order chi connectivity index (χ0) is 10.7. The Bertz CT molecular complexity index is 418. The van der Waals surface area contributed by atoms with E-state index >= 15 is 0 Å². The molecular formula is C13H13N2. The van der Waals surface area contributed by atoms with Crippen molar-refractivity contribution in [3.8, 4) is 11.1 Å². The van der Waals surface area contributed by atoms with Crippen molar-refractivity contribution < 1.29 is 0 Å². The van der Waals surface area contributed by atoms with Gasteiger partial charge in [0.05, 0.1) is 0 Å². The molecule has 0 saturated heterocycles. The fraction of sp³-hybridized carbons (Fsp3) is 0.154. The van der Waals surface area contributed by atoms with Gasteiger partial charge in [0.2, 0.25) is 0 Å². The van der Waals surface area contributed by atoms with E-state index in [1.807, 2.05) is 31.3 Å². The molecule has 0 aliphatic carbocycles. The predicted molar refractivity (Wildman–Crippen MR) is 61.1 cm³/mol. The summed E-state index contributed by atoms with van der Waals surface area (Å²) in [4.78, 5) is 4.04. The first-order valence-electron chi connectivity index (χ1n) is 4.94. The molecule has 2 heteroatoms. The molecule has 1 atom stereocenters. The summed E-state index contributed by atoms with van der Waals surface area (Å²) in [6.07, 6.45) is 3.48. The Morgan fingerprint density at radius 3 is 2.47 bits per heavy atom. The second-order valence-electron chi connectivity index (χ2n) is 3.58. The summed E-state index contributed by atoms with van der Waals surface area (Å²) >= 11 is 0. The highest BCUT2D eigenvalue weighted by Crippen LogP contribution is 2.19. The third-order valence-corrected chi connectivity index (χ3v) is 2.37. The first-order valence-corrected chi connectivity index (χ1v) is 4.94. The van der Waals surface area contributed by atoms with Crippen molar-refractivity contribution >= 4 is 0 Å². The van der Waals surface area contributed by atoms with Crippen LogP contribution in [0.1, 0.15) is 18.5 Å². The second-order valence-corrected chi connectivity index (χ2v) is 3.58. The number of rotatable bonds is 2. The van der Waals surface area contributed by atoms with Gasteiger partial charge in [0.15, 0.2) is 0 Å². The highest BCUT2D eigenvalue weighted by atomic mass is 14.6. The van der Waals surface area contributed by atoms with Crippen LogP contribution in [0.4, 0.5) is 0 Å². The van der Waals surface area contributed by atoms with Crippen LogP contribution in [0.25, 0.3) is 11.1 Å². The molecule has 0 aliphatic heterocycles. The highest BCUT2D eigenvalue weighted by molar-refractivity contribution is 5.62. The van der Waals surface area contributed by atoms with Crippen molar-refractivity contribution in [3.05, 3.63) is 54.4 Å². The Hall–Kier alpha value is -1.67. The van der Waals surface area contributed by atoms with Crippen LogP contribution in [0.2, 0.25) is 0 Å². The molecule has 1 aromatic heterocycles. The fourth-order valence-corrected chi connectivity index (χ4v) is 1.46. The molecule has 15 heavy (non-hydrogen) atoms. The van der Waals surface area contributed by atoms with Crippen molar-refractivity contribution in [2.75, 3.05) is 0 Å². The number of nitrogens with two attached hydrogens (primary N) is 1. The van der Waals surface area contributed by atoms with Gasteiger partial charge in [0.25, 0.3) is 0 Å². The van der Waals surface area contributed by atoms with Gasteiger partial charge in [-0.15, -0.1) is 0 Å². The third-order valence-electron chi connectivity index (χ3n) is 2.37. The van der Waals surface area contributed by atoms with E-state index in [-0.39, 0.29) is 6.04 Å². The minimum Gasteiger partial charge on any atom is -0.324 e. The molecule has 0 fully saturated rings. The van der Waals surface area contributed by atoms with Crippen molar-refractivity contribution in [2.45, 2.75) is 13.0 Å². The molecule has 2 N–H and O–H groups in total. The van der Waals surface area contributed by atoms with E-state index in [9.17, 15) is 0 Å². The lowest BCUT2D eigenvalue weighted by Crippen LogP contribution is -2.04. The molecule has 0 spiro atoms. The van der Waals surface area contributed by atoms with E-state index in [1.54, 1.807) is 6.20 Å². The van der Waals surface area contributed by atoms with Gasteiger partial charge in [-0.2, -0.15) is 0 Å². The smallest absolute Gasteiger partial charge is 0.0347 e. The zero-order valence-corrected chi connectivity index (χ0v) is 8.64. The summed E-state index contributed by atoms with van der Waals surface area (Å²) in [6, 6.07) is 13.2. The maximum atomic E-state index is 5.78. The number of hydrogen-bond acceptors (Lipinski definition) is 2. The van der Waals surface area contributed by atoms with Crippen LogP contribution in [0.5, 0.6) is 0 Å². The summed E-state index contributed by atoms with van der Waals surface area (Å²) in [5.74, 6) is 0. The standard InChI is InChI=1S/C13H13N2/c1-10(14)11-4-6-12(7-5-11)13-3-2-8-15-9-13/h3-10H,14H2,1H3. The Labute approximate surface area is 89.8 Å². The van der Waals surface area contributed by atoms with Gasteiger partial charge >= 0.3 is 0 Å². The summed E-state index contributed by atoms with van der Waals surface area (Å²) < 4.78 is 0. The average Bonchev–Trinajstić information content (AvgIpc) is 2.30. The SMILES string of the molecule is CC(N)c1ccc(-c2c[c]cnc2)cc1. The van der Waals surface area contributed by atoms with Gasteiger partial charge in [-0.1, -0.05) is 24.3 Å². The van der Waals surface area contributed by atoms with Gasteiger partial charge in [0, 0.05) is 30.1 Å². The molecule has 2 aromatic rings. The number of nitrogens with zero attached hydrogens (tertiary/aromatic N) is 1. The van der Waals surface area contributed by atoms with Crippen LogP contribution in [-0.2, 0) is 0 Å². The minimum atomic E-state index is 0.0829. The average molecular weight is 197 g/mol. The van der Waals surface area contributed by atoms with Gasteiger partial charge in [0.1, 0.15) is 0 Å². The Balaban J connectivity index is 2.32. The fourth-order valence-electron chi connectivity index (χ4n) is 1.46. The Kier molecular flexibility index (Phi) is 2.79. The molecule has 1 unspecified atom stereocenters. The first-order chi connectivity index (χ1) is 7.27. The van der Waals surface area contributed by atoms with E-state index in [1.165, 1.54) is 0 Å². The van der Waals surface area contributed by atoms with Crippen LogP contribution in [-0.4, -0.2) is 4.98 Å². The third kappa shape index (κ3) is 2.22. The summed E-state index contributed by atoms with van der Waals surface area (Å²) in [5, 5.41) is 0. The maximum absolute atomic E-state index is 5.78. The lowest BCUT2D eigenvalue weighted by molar-refractivity contribution is 0.818. The van der Waals surface area contributed by atoms with E-state index in [4.69, 9.17) is 5.73 Å². The van der Waals surface area contributed by atoms with Gasteiger partial charge in [-0.05, 0) is 24.1 Å². The van der Waals surface area contributed by atoms with E-state index in [0.717, 1.165) is 16.7 Å². The zero-order valence-electron chi connectivity index (χ0n) is 8.64. The molecule has 0 bridgehead atoms. The van der Waals surface area contributed by atoms with Crippen LogP contribution < -0.4 is 5.73 Å². The quantitative estimate of drug-likeness (QED) is 0.803. The summed E-state index contributed by atoms with van der Waals surface area (Å²) in [5.41, 5.74) is 9.15. The molecule has 1 radical (unpaired) electrons. The second kappa shape index (κ2) is 4.24. The lowest BCUT2D eigenvalue weighted by atomic mass is 10.0. The summed E-state index contributed by atoms with van der Waals surface area (Å²) in [7, 11) is 0. The number of aromatic nitrogens is 1. The van der Waals surface area contributed by atoms with Crippen LogP contribution in [0.3, 0.4) is 0 Å². The molecular weight excluding hydrogens is 184 g/mol. The van der Waals surface area contributed by atoms with E-state index in [0.29, 0.717) is 0 Å². The van der Waals surface area contributed by atoms with Crippen molar-refractivity contribution in [1.29, 1.82) is 0 Å². The van der Waals surface area contributed by atoms with Crippen molar-refractivity contribution in [2.24, 2.45) is 5.73 Å². The first kappa shape index (κ1) is 9.87. The molecule has 0 aliphatic rings. The monoisotopic (exact) mass is 197 g/mol. The molecule has 2 nitrogen and oxygen atoms in total. The lowest BCUT2D eigenvalue weighted by Gasteiger charge is -2.06. The van der Waals surface area contributed by atoms with Crippen LogP contribution in [0, 0.1) is 6.07 Å². The Morgan fingerprint density at radius 2 is 1.93 bits per heavy atom. The van der Waals surface area contributed by atoms with Gasteiger partial charge < -0.3 is 5.73 Å². The van der Waals surface area contributed by atoms with Crippen LogP contribution >= 0.6 is 0 Å². The molecule has 75 valence electrons. The van der Waals surface area contributed by atoms with Crippen molar-refractivity contribution in [3.63, 3.8) is 0 Å². The van der Waals surface area contributed by atoms with E-state index < -0.39 is 0 Å². The summed E-state index contributed by atoms with van der Waals surface area (Å²) in [6.45, 7) is 1.98. The Morgan fingerprint density at radius 1 is 1.20 bits per heavy atom. The van der Waals surface area contributed by atoms with Gasteiger partial charge in [-0.3, -0.25) is 4.98 Å². The number of benzene rings is 1. The van der Waals surface area contributed by atoms with Crippen LogP contribution in [0.15, 0.2) is 42.7 Å². The number of hydrogen-bond donors (Lipinski definition) is 1. The molecule has 0 amide bonds. The highest BCUT2D eigenvalue weighted by Gasteiger charge is 2.00. The minimum absolute atomic E-state index is 0.0829. The predicted octanol–water partition coefficient (Wildman–Crippen LogP) is 2.57. The molecule has 1 aromatic carbocycles. The van der Waals surface area contributed by atoms with E-state index in [2.05, 4.69) is 23.2 Å². The molecule has 1 heterocycles. The van der Waals surface area contributed by atoms with Crippen molar-refractivity contribution in [1.82, 2.24) is 4.98 Å². The largest absolute Gasteiger partial charge is 0.324 e. The topological polar surface area (TPSA) is 38.9 Å².